The standard InChI is InChI=1S/C44H52N12O16S4.4Na/c57-27-35(59)17-21-55(33-7-3-1-4-8-33)43-51-39(45-19-23-73(61,62)63)49-41(53-43)47-31-15-13-29(37(25-31)75(67,68)69)11-12-30-14-16-32(26-38(30)76(70,71)72)48-42-50-40(46-20-24-74(64,65)66)52-44(54-42)56(22-18-36(60)28-58)34-9-5-2-6-10-34;;;;/h1-16,25-26,35-36,57-60H,17-24,27-28H2,(H,61,62,63)(H,64,65,66)(H,67,68,69)(H,70,71,72)(H2,45,47,49,51,53)(H2,46,48,50,52,54);;;;/q;4*+1/p-4. The van der Waals surface area contributed by atoms with E-state index < -0.39 is 100 Å². The van der Waals surface area contributed by atoms with E-state index in [2.05, 4.69) is 51.2 Å². The van der Waals surface area contributed by atoms with Crippen LogP contribution in [0.1, 0.15) is 24.0 Å². The summed E-state index contributed by atoms with van der Waals surface area (Å²) in [6.45, 7) is -1.95. The maximum atomic E-state index is 12.7. The molecule has 0 aliphatic carbocycles. The smallest absolute Gasteiger partial charge is 0.748 e. The number of aliphatic hydroxyl groups excluding tert-OH is 4. The number of aliphatic hydroxyl groups is 4. The molecular formula is C44H48N12Na4O16S4. The van der Waals surface area contributed by atoms with Crippen LogP contribution in [-0.4, -0.2) is 165 Å². The van der Waals surface area contributed by atoms with Crippen LogP contribution in [0.15, 0.2) is 107 Å². The van der Waals surface area contributed by atoms with Gasteiger partial charge in [-0.05, 0) is 72.5 Å². The molecule has 6 aromatic rings. The number of benzene rings is 4. The number of hydrogen-bond donors (Lipinski definition) is 8. The Hall–Kier alpha value is -3.08. The van der Waals surface area contributed by atoms with Gasteiger partial charge in [-0.1, -0.05) is 60.7 Å². The van der Waals surface area contributed by atoms with Crippen LogP contribution in [-0.2, 0) is 40.5 Å². The van der Waals surface area contributed by atoms with Gasteiger partial charge in [0.05, 0.1) is 67.0 Å². The molecule has 0 saturated carbocycles. The van der Waals surface area contributed by atoms with E-state index in [1.807, 2.05) is 0 Å². The van der Waals surface area contributed by atoms with Crippen molar-refractivity contribution in [2.45, 2.75) is 34.8 Å². The van der Waals surface area contributed by atoms with Gasteiger partial charge in [0.15, 0.2) is 0 Å². The molecule has 8 N–H and O–H groups in total. The zero-order valence-electron chi connectivity index (χ0n) is 43.5. The molecule has 2 aromatic heterocycles. The van der Waals surface area contributed by atoms with Gasteiger partial charge >= 0.3 is 118 Å². The summed E-state index contributed by atoms with van der Waals surface area (Å²) in [7, 11) is -20.0. The van der Waals surface area contributed by atoms with E-state index in [0.717, 1.165) is 36.4 Å². The van der Waals surface area contributed by atoms with Crippen molar-refractivity contribution >= 4 is 111 Å². The fraction of sp³-hybridized carbons (Fsp3) is 0.273. The molecule has 0 amide bonds. The molecule has 6 rings (SSSR count). The molecule has 0 bridgehead atoms. The first-order chi connectivity index (χ1) is 35.9. The van der Waals surface area contributed by atoms with E-state index in [1.54, 1.807) is 60.7 Å². The molecule has 4 aromatic carbocycles. The van der Waals surface area contributed by atoms with Crippen molar-refractivity contribution in [1.82, 2.24) is 29.9 Å². The normalized spacial score (nSPS) is 12.3. The Morgan fingerprint density at radius 3 is 1.14 bits per heavy atom. The van der Waals surface area contributed by atoms with Crippen LogP contribution in [0.2, 0.25) is 0 Å². The molecule has 28 nitrogen and oxygen atoms in total. The molecule has 36 heteroatoms. The average molecular weight is 1220 g/mol. The number of anilines is 10. The van der Waals surface area contributed by atoms with Crippen molar-refractivity contribution in [1.29, 1.82) is 0 Å². The van der Waals surface area contributed by atoms with Crippen molar-refractivity contribution in [2.75, 3.05) is 82.0 Å². The van der Waals surface area contributed by atoms with Crippen LogP contribution in [0.25, 0.3) is 12.2 Å². The van der Waals surface area contributed by atoms with E-state index in [9.17, 15) is 72.3 Å². The maximum Gasteiger partial charge on any atom is 1.00 e. The second kappa shape index (κ2) is 33.4. The van der Waals surface area contributed by atoms with Gasteiger partial charge in [0.2, 0.25) is 35.7 Å². The van der Waals surface area contributed by atoms with Crippen molar-refractivity contribution in [2.24, 2.45) is 0 Å². The van der Waals surface area contributed by atoms with Gasteiger partial charge in [-0.25, -0.2) is 33.7 Å². The molecule has 408 valence electrons. The van der Waals surface area contributed by atoms with Crippen molar-refractivity contribution < 1.29 is 191 Å². The summed E-state index contributed by atoms with van der Waals surface area (Å²) in [5.74, 6) is -3.01. The zero-order chi connectivity index (χ0) is 55.3. The molecule has 0 radical (unpaired) electrons. The second-order valence-electron chi connectivity index (χ2n) is 16.2. The fourth-order valence-corrected chi connectivity index (χ4v) is 8.93. The molecule has 0 fully saturated rings. The third-order valence-corrected chi connectivity index (χ3v) is 13.6. The molecular weight excluding hydrogens is 1170 g/mol. The van der Waals surface area contributed by atoms with Crippen molar-refractivity contribution in [3.63, 3.8) is 0 Å². The monoisotopic (exact) mass is 1220 g/mol. The fourth-order valence-electron chi connectivity index (χ4n) is 6.83. The molecule has 80 heavy (non-hydrogen) atoms. The van der Waals surface area contributed by atoms with Crippen LogP contribution < -0.4 is 149 Å². The summed E-state index contributed by atoms with van der Waals surface area (Å²) >= 11 is 0. The Labute approximate surface area is 550 Å². The van der Waals surface area contributed by atoms with Gasteiger partial charge in [-0.3, -0.25) is 0 Å². The molecule has 2 atom stereocenters. The first-order valence-electron chi connectivity index (χ1n) is 22.4. The molecule has 0 aliphatic heterocycles. The number of hydrogen-bond acceptors (Lipinski definition) is 28. The summed E-state index contributed by atoms with van der Waals surface area (Å²) < 4.78 is 145. The molecule has 0 saturated heterocycles. The predicted octanol–water partition coefficient (Wildman–Crippen LogP) is -10.8. The van der Waals surface area contributed by atoms with E-state index in [1.165, 1.54) is 21.9 Å². The van der Waals surface area contributed by atoms with E-state index in [-0.39, 0.29) is 202 Å². The van der Waals surface area contributed by atoms with Crippen LogP contribution in [0.5, 0.6) is 0 Å². The number of aromatic nitrogens is 6. The Morgan fingerprint density at radius 2 is 0.825 bits per heavy atom. The summed E-state index contributed by atoms with van der Waals surface area (Å²) in [5, 5.41) is 50.0. The third kappa shape index (κ3) is 23.5. The van der Waals surface area contributed by atoms with Crippen LogP contribution in [0.4, 0.5) is 58.4 Å². The van der Waals surface area contributed by atoms with E-state index in [4.69, 9.17) is 0 Å². The predicted molar refractivity (Wildman–Crippen MR) is 272 cm³/mol. The number of para-hydroxylation sites is 2. The molecule has 2 unspecified atom stereocenters. The van der Waals surface area contributed by atoms with Gasteiger partial charge < -0.3 is 69.7 Å². The van der Waals surface area contributed by atoms with E-state index >= 15 is 0 Å². The quantitative estimate of drug-likeness (QED) is 0.0128. The zero-order valence-corrected chi connectivity index (χ0v) is 54.8. The average Bonchev–Trinajstić information content (AvgIpc) is 3.35. The van der Waals surface area contributed by atoms with Crippen LogP contribution >= 0.6 is 0 Å². The largest absolute Gasteiger partial charge is 1.00 e. The Kier molecular flexibility index (Phi) is 30.5. The number of nitrogens with one attached hydrogen (secondary N) is 4. The summed E-state index contributed by atoms with van der Waals surface area (Å²) in [5.41, 5.74) is 0.267. The third-order valence-electron chi connectivity index (χ3n) is 10.5. The molecule has 0 spiro atoms. The number of rotatable bonds is 28. The SMILES string of the molecule is O=S(=O)([O-])CCNc1nc(Nc2ccc(C=Cc3ccc(Nc4nc(NCCS(=O)(=O)[O-])nc(N(CCC(O)CO)c5ccccc5)n4)cc3S(=O)(=O)[O-])c(S(=O)(=O)[O-])c2)nc(N(CCC(O)CO)c2ccccc2)n1.[Na+].[Na+].[Na+].[Na+]. The summed E-state index contributed by atoms with van der Waals surface area (Å²) in [4.78, 5) is 27.3. The van der Waals surface area contributed by atoms with Gasteiger partial charge in [0.1, 0.15) is 20.2 Å². The topological polar surface area (TPSA) is 442 Å². The molecule has 2 heterocycles. The number of nitrogens with zero attached hydrogens (tertiary/aromatic N) is 8. The Bertz CT molecular complexity index is 3240. The second-order valence-corrected chi connectivity index (χ2v) is 21.9. The van der Waals surface area contributed by atoms with Crippen molar-refractivity contribution in [3.8, 4) is 0 Å². The first-order valence-corrected chi connectivity index (χ1v) is 28.4. The van der Waals surface area contributed by atoms with Gasteiger partial charge in [-0.2, -0.15) is 29.9 Å². The minimum absolute atomic E-state index is 0. The molecule has 0 aliphatic rings. The van der Waals surface area contributed by atoms with Gasteiger partial charge in [0.25, 0.3) is 0 Å². The summed E-state index contributed by atoms with van der Waals surface area (Å²) in [6.07, 6.45) is -0.139. The Balaban J connectivity index is 0.00000547. The minimum Gasteiger partial charge on any atom is -0.748 e. The van der Waals surface area contributed by atoms with Gasteiger partial charge in [-0.15, -0.1) is 0 Å². The summed E-state index contributed by atoms with van der Waals surface area (Å²) in [6, 6.07) is 23.7. The van der Waals surface area contributed by atoms with Crippen LogP contribution in [0.3, 0.4) is 0 Å². The van der Waals surface area contributed by atoms with Crippen LogP contribution in [0, 0.1) is 0 Å². The van der Waals surface area contributed by atoms with Crippen molar-refractivity contribution in [3.05, 3.63) is 108 Å². The first kappa shape index (κ1) is 73.0. The van der Waals surface area contributed by atoms with E-state index in [0.29, 0.717) is 11.4 Å². The maximum absolute atomic E-state index is 12.7. The van der Waals surface area contributed by atoms with Gasteiger partial charge in [0, 0.05) is 48.9 Å². The Morgan fingerprint density at radius 1 is 0.487 bits per heavy atom. The minimum atomic E-state index is -5.33.